The zero-order chi connectivity index (χ0) is 54.4. The second kappa shape index (κ2) is 15.9. The zero-order valence-electron chi connectivity index (χ0n) is 37.7. The van der Waals surface area contributed by atoms with Crippen molar-refractivity contribution in [2.75, 3.05) is 0 Å². The van der Waals surface area contributed by atoms with Gasteiger partial charge in [0.2, 0.25) is 46.0 Å². The molecule has 1 heterocycles. The molecule has 1 aromatic heterocycles. The average Bonchev–Trinajstić information content (AvgIpc) is 3.87. The number of hydrogen-bond donors (Lipinski definition) is 22. The quantitative estimate of drug-likeness (QED) is 0.0283. The van der Waals surface area contributed by atoms with Gasteiger partial charge in [-0.3, -0.25) is 9.98 Å². The number of rotatable bonds is 3. The van der Waals surface area contributed by atoms with Gasteiger partial charge in [0.25, 0.3) is 0 Å². The van der Waals surface area contributed by atoms with Gasteiger partial charge in [-0.2, -0.15) is 0 Å². The molecule has 23 N–H and O–H groups in total. The Balaban J connectivity index is 0.000000320. The first-order valence-corrected chi connectivity index (χ1v) is 21.5. The van der Waals surface area contributed by atoms with E-state index in [1.807, 2.05) is 60.7 Å². The predicted octanol–water partition coefficient (Wildman–Crippen LogP) is 6.83. The average molecular weight is 1020 g/mol. The molecular weight excluding hydrogens is 989 g/mol. The number of aromatic nitrogens is 1. The van der Waals surface area contributed by atoms with Crippen LogP contribution in [0.4, 0.5) is 0 Å². The number of nitrogens with two attached hydrogens (primary N) is 1. The molecule has 0 spiro atoms. The summed E-state index contributed by atoms with van der Waals surface area (Å²) in [7, 11) is 0. The highest BCUT2D eigenvalue weighted by molar-refractivity contribution is 6.42. The van der Waals surface area contributed by atoms with E-state index >= 15 is 0 Å². The van der Waals surface area contributed by atoms with Crippen LogP contribution in [0.3, 0.4) is 0 Å². The number of fused-ring (bicyclic) bond motifs is 9. The third-order valence-electron chi connectivity index (χ3n) is 13.2. The molecule has 0 amide bonds. The van der Waals surface area contributed by atoms with Crippen LogP contribution < -0.4 is 5.73 Å². The number of nitrogens with one attached hydrogen (secondary N) is 1. The number of nitrogens with zero attached hydrogens (tertiary/aromatic N) is 2. The molecule has 11 aromatic rings. The minimum atomic E-state index is -1.46. The van der Waals surface area contributed by atoms with Crippen LogP contribution in [-0.2, 0) is 0 Å². The summed E-state index contributed by atoms with van der Waals surface area (Å²) < 4.78 is 0.586. The van der Waals surface area contributed by atoms with Crippen LogP contribution in [0.25, 0.3) is 81.4 Å². The van der Waals surface area contributed by atoms with Crippen molar-refractivity contribution in [2.24, 2.45) is 10.7 Å². The zero-order valence-corrected chi connectivity index (χ0v) is 37.7. The lowest BCUT2D eigenvalue weighted by atomic mass is 9.88. The normalized spacial score (nSPS) is 12.0. The molecule has 0 aliphatic rings. The lowest BCUT2D eigenvalue weighted by Gasteiger charge is -2.22. The largest absolute Gasteiger partial charge is 0.507 e. The molecule has 0 saturated heterocycles. The van der Waals surface area contributed by atoms with Gasteiger partial charge in [0.1, 0.15) is 28.4 Å². The SMILES string of the molecule is Cc1c(-n2c3c(O)c(O)c(O)c4c5c(O)c(O)c(O)c(O)c5c5c(O)c(O)c(O)c2c5c43)c(O)c2c(c1O)c1c(O)c(O)c(O)c(O)c1c1c(O)c(O)c(O)c(O)c12.N=C(N=C(N)c1ccccc1)c1ccccc1. The Morgan fingerprint density at radius 1 is 0.333 bits per heavy atom. The van der Waals surface area contributed by atoms with Gasteiger partial charge >= 0.3 is 0 Å². The van der Waals surface area contributed by atoms with Gasteiger partial charge < -0.3 is 108 Å². The van der Waals surface area contributed by atoms with Crippen LogP contribution >= 0.6 is 0 Å². The fourth-order valence-electron chi connectivity index (χ4n) is 9.74. The number of aliphatic imine (C=N–C) groups is 1. The number of amidine groups is 2. The van der Waals surface area contributed by atoms with Gasteiger partial charge in [0, 0.05) is 81.3 Å². The maximum Gasteiger partial charge on any atom is 0.204 e. The maximum absolute atomic E-state index is 12.4. The summed E-state index contributed by atoms with van der Waals surface area (Å²) in [6, 6.07) is 18.8. The third-order valence-corrected chi connectivity index (χ3v) is 13.2. The van der Waals surface area contributed by atoms with Crippen LogP contribution in [0.1, 0.15) is 16.7 Å². The van der Waals surface area contributed by atoms with E-state index in [4.69, 9.17) is 11.1 Å². The van der Waals surface area contributed by atoms with Gasteiger partial charge in [-0.25, -0.2) is 4.99 Å². The molecular formula is C51H36N4O20. The topological polar surface area (TPSA) is 472 Å². The molecule has 0 fully saturated rings. The Kier molecular flexibility index (Phi) is 10.0. The van der Waals surface area contributed by atoms with Gasteiger partial charge in [-0.05, 0) is 6.92 Å². The maximum atomic E-state index is 12.4. The van der Waals surface area contributed by atoms with E-state index in [-0.39, 0.29) is 5.84 Å². The highest BCUT2D eigenvalue weighted by Gasteiger charge is 2.39. The molecule has 380 valence electrons. The molecule has 11 rings (SSSR count). The smallest absolute Gasteiger partial charge is 0.204 e. The first kappa shape index (κ1) is 47.4. The molecule has 0 atom stereocenters. The number of phenols is 20. The monoisotopic (exact) mass is 1020 g/mol. The molecule has 24 heteroatoms. The standard InChI is InChI=1S/C37H23NO20.C14H13N3/c1-2-15(19(40)8-7(18(2)39)11-13(26(47)36(57)34(55)24(11)45)14-12(8)25(46)35(56)37(58)27(14)48)38-16-3-4-6(21(42)31(52)29(50)17(4)38)10-9(5(3)20(41)30(51)28(16)49)22(43)32(53)33(54)23(10)44;15-13(11-7-3-1-4-8-11)17-14(16)12-9-5-2-6-10-12/h39-58H,1H3;1-10H,(H3,15,16,17). The van der Waals surface area contributed by atoms with Crippen molar-refractivity contribution in [1.82, 2.24) is 4.57 Å². The van der Waals surface area contributed by atoms with Gasteiger partial charge in [-0.1, -0.05) is 60.7 Å². The van der Waals surface area contributed by atoms with E-state index in [0.29, 0.717) is 10.4 Å². The Bertz CT molecular complexity index is 4280. The number of aromatic hydroxyl groups is 20. The molecule has 75 heavy (non-hydrogen) atoms. The Hall–Kier alpha value is -11.3. The summed E-state index contributed by atoms with van der Waals surface area (Å²) in [6.07, 6.45) is 0. The number of hydrogen-bond acceptors (Lipinski definition) is 21. The van der Waals surface area contributed by atoms with E-state index in [2.05, 4.69) is 4.99 Å². The van der Waals surface area contributed by atoms with Crippen molar-refractivity contribution < 1.29 is 102 Å². The van der Waals surface area contributed by atoms with Crippen LogP contribution in [0.15, 0.2) is 65.7 Å². The van der Waals surface area contributed by atoms with Crippen molar-refractivity contribution in [3.63, 3.8) is 0 Å². The molecule has 10 aromatic carbocycles. The Labute approximate surface area is 414 Å². The van der Waals surface area contributed by atoms with E-state index in [1.54, 1.807) is 0 Å². The van der Waals surface area contributed by atoms with Crippen molar-refractivity contribution >= 4 is 87.3 Å². The molecule has 0 saturated carbocycles. The summed E-state index contributed by atoms with van der Waals surface area (Å²) in [5.41, 5.74) is 4.33. The summed E-state index contributed by atoms with van der Waals surface area (Å²) in [4.78, 5) is 4.10. The first-order valence-electron chi connectivity index (χ1n) is 21.5. The van der Waals surface area contributed by atoms with Crippen LogP contribution in [0, 0.1) is 12.3 Å². The number of phenolic OH excluding ortho intramolecular Hbond substituents is 20. The van der Waals surface area contributed by atoms with Crippen molar-refractivity contribution in [3.8, 4) is 121 Å². The van der Waals surface area contributed by atoms with Crippen molar-refractivity contribution in [1.29, 1.82) is 5.41 Å². The predicted molar refractivity (Wildman–Crippen MR) is 268 cm³/mol. The minimum Gasteiger partial charge on any atom is -0.507 e. The number of benzene rings is 10. The van der Waals surface area contributed by atoms with Gasteiger partial charge in [0.05, 0.1) is 5.69 Å². The molecule has 0 unspecified atom stereocenters. The first-order chi connectivity index (χ1) is 35.4. The van der Waals surface area contributed by atoms with E-state index < -0.39 is 202 Å². The van der Waals surface area contributed by atoms with Crippen molar-refractivity contribution in [3.05, 3.63) is 77.4 Å². The van der Waals surface area contributed by atoms with Crippen LogP contribution in [0.2, 0.25) is 0 Å². The van der Waals surface area contributed by atoms with Gasteiger partial charge in [-0.15, -0.1) is 0 Å². The minimum absolute atomic E-state index is 0.173. The van der Waals surface area contributed by atoms with E-state index in [1.165, 1.54) is 0 Å². The van der Waals surface area contributed by atoms with E-state index in [9.17, 15) is 102 Å². The lowest BCUT2D eigenvalue weighted by Crippen LogP contribution is -2.15. The summed E-state index contributed by atoms with van der Waals surface area (Å²) >= 11 is 0. The highest BCUT2D eigenvalue weighted by atomic mass is 16.4. The fraction of sp³-hybridized carbons (Fsp3) is 0.0196. The Morgan fingerprint density at radius 3 is 0.907 bits per heavy atom. The summed E-state index contributed by atoms with van der Waals surface area (Å²) in [5.74, 6) is -26.4. The highest BCUT2D eigenvalue weighted by Crippen LogP contribution is 2.66. The second-order valence-corrected chi connectivity index (χ2v) is 17.1. The van der Waals surface area contributed by atoms with E-state index in [0.717, 1.165) is 18.1 Å². The third kappa shape index (κ3) is 5.97. The fourth-order valence-corrected chi connectivity index (χ4v) is 9.74. The van der Waals surface area contributed by atoms with Gasteiger partial charge in [0.15, 0.2) is 63.3 Å². The van der Waals surface area contributed by atoms with Crippen molar-refractivity contribution in [2.45, 2.75) is 6.92 Å². The lowest BCUT2D eigenvalue weighted by molar-refractivity contribution is 0.349. The van der Waals surface area contributed by atoms with Crippen LogP contribution in [0.5, 0.6) is 115 Å². The van der Waals surface area contributed by atoms with Crippen LogP contribution in [-0.4, -0.2) is 118 Å². The molecule has 0 aliphatic carbocycles. The molecule has 0 radical (unpaired) electrons. The summed E-state index contributed by atoms with van der Waals surface area (Å²) in [5, 5.41) is 220. The second-order valence-electron chi connectivity index (χ2n) is 17.1. The summed E-state index contributed by atoms with van der Waals surface area (Å²) in [6.45, 7) is 1.03. The molecule has 0 bridgehead atoms. The molecule has 0 aliphatic heterocycles. The molecule has 24 nitrogen and oxygen atoms in total. The Morgan fingerprint density at radius 2 is 0.587 bits per heavy atom.